The van der Waals surface area contributed by atoms with Gasteiger partial charge in [-0.1, -0.05) is 19.8 Å². The van der Waals surface area contributed by atoms with Crippen LogP contribution in [-0.2, 0) is 4.79 Å². The van der Waals surface area contributed by atoms with Gasteiger partial charge in [-0.3, -0.25) is 4.79 Å². The second-order valence-electron chi connectivity index (χ2n) is 3.42. The Kier molecular flexibility index (Phi) is 10.7. The van der Waals surface area contributed by atoms with Crippen LogP contribution in [-0.4, -0.2) is 27.5 Å². The molecule has 15 heavy (non-hydrogen) atoms. The smallest absolute Gasteiger partial charge is 0.231 e. The van der Waals surface area contributed by atoms with Crippen LogP contribution in [0.5, 0.6) is 0 Å². The quantitative estimate of drug-likeness (QED) is 0.466. The average Bonchev–Trinajstić information content (AvgIpc) is 2.20. The molecule has 0 aromatic heterocycles. The number of unbranched alkanes of at least 4 members (excludes halogenated alkanes) is 1. The van der Waals surface area contributed by atoms with Gasteiger partial charge in [-0.2, -0.15) is 0 Å². The van der Waals surface area contributed by atoms with Gasteiger partial charge in [0.15, 0.2) is 0 Å². The maximum absolute atomic E-state index is 10.6. The van der Waals surface area contributed by atoms with Crippen molar-refractivity contribution < 1.29 is 4.79 Å². The topological polar surface area (TPSA) is 17.1 Å². The Morgan fingerprint density at radius 2 is 2.13 bits per heavy atom. The van der Waals surface area contributed by atoms with E-state index in [0.717, 1.165) is 25.7 Å². The monoisotopic (exact) mass is 290 g/mol. The average molecular weight is 292 g/mol. The molecule has 2 unspecified atom stereocenters. The van der Waals surface area contributed by atoms with Crippen LogP contribution in [0.25, 0.3) is 0 Å². The van der Waals surface area contributed by atoms with Crippen molar-refractivity contribution in [2.45, 2.75) is 43.2 Å². The first-order chi connectivity index (χ1) is 7.10. The second-order valence-corrected chi connectivity index (χ2v) is 6.05. The molecule has 90 valence electrons. The van der Waals surface area contributed by atoms with Crippen molar-refractivity contribution in [1.29, 1.82) is 0 Å². The van der Waals surface area contributed by atoms with E-state index in [1.54, 1.807) is 0 Å². The van der Waals surface area contributed by atoms with Crippen molar-refractivity contribution in [1.82, 2.24) is 0 Å². The predicted molar refractivity (Wildman–Crippen MR) is 71.6 cm³/mol. The number of carbonyl (C=O) groups is 1. The van der Waals surface area contributed by atoms with Crippen LogP contribution >= 0.6 is 46.6 Å². The van der Waals surface area contributed by atoms with E-state index in [0.29, 0.717) is 11.6 Å². The van der Waals surface area contributed by atoms with E-state index in [1.807, 2.05) is 0 Å². The number of rotatable bonds is 9. The first kappa shape index (κ1) is 15.9. The fraction of sp³-hybridized carbons (Fsp3) is 0.900. The third-order valence-electron chi connectivity index (χ3n) is 1.99. The van der Waals surface area contributed by atoms with Crippen LogP contribution in [0, 0.1) is 0 Å². The number of halogens is 3. The van der Waals surface area contributed by atoms with Crippen molar-refractivity contribution in [3.05, 3.63) is 0 Å². The lowest BCUT2D eigenvalue weighted by Crippen LogP contribution is -2.14. The van der Waals surface area contributed by atoms with Gasteiger partial charge in [-0.05, 0) is 24.4 Å². The number of hydrogen-bond donors (Lipinski definition) is 0. The van der Waals surface area contributed by atoms with Gasteiger partial charge in [-0.15, -0.1) is 35.0 Å². The highest BCUT2D eigenvalue weighted by atomic mass is 35.5. The van der Waals surface area contributed by atoms with Gasteiger partial charge in [-0.25, -0.2) is 0 Å². The molecular weight excluding hydrogens is 275 g/mol. The summed E-state index contributed by atoms with van der Waals surface area (Å²) >= 11 is 18.7. The van der Waals surface area contributed by atoms with E-state index >= 15 is 0 Å². The molecule has 0 aliphatic heterocycles. The summed E-state index contributed by atoms with van der Waals surface area (Å²) in [5.41, 5.74) is 0. The van der Waals surface area contributed by atoms with E-state index in [1.165, 1.54) is 11.8 Å². The third-order valence-corrected chi connectivity index (χ3v) is 4.50. The van der Waals surface area contributed by atoms with Gasteiger partial charge < -0.3 is 0 Å². The zero-order chi connectivity index (χ0) is 11.7. The lowest BCUT2D eigenvalue weighted by molar-refractivity contribution is -0.109. The molecule has 0 aromatic carbocycles. The third kappa shape index (κ3) is 9.80. The number of alkyl halides is 2. The zero-order valence-corrected chi connectivity index (χ0v) is 11.9. The molecular formula is C10H17Cl3OS. The zero-order valence-electron chi connectivity index (χ0n) is 8.85. The summed E-state index contributed by atoms with van der Waals surface area (Å²) in [7, 11) is 0. The van der Waals surface area contributed by atoms with E-state index in [9.17, 15) is 4.79 Å². The lowest BCUT2D eigenvalue weighted by Gasteiger charge is -2.16. The SMILES string of the molecule is CCCCC(Cl)CC(CCl)SCC(=O)Cl. The maximum Gasteiger partial charge on any atom is 0.231 e. The summed E-state index contributed by atoms with van der Waals surface area (Å²) in [5.74, 6) is 0.834. The highest BCUT2D eigenvalue weighted by Crippen LogP contribution is 2.23. The highest BCUT2D eigenvalue weighted by Gasteiger charge is 2.15. The van der Waals surface area contributed by atoms with Crippen LogP contribution in [0.15, 0.2) is 0 Å². The van der Waals surface area contributed by atoms with E-state index < -0.39 is 0 Å². The summed E-state index contributed by atoms with van der Waals surface area (Å²) in [6.07, 6.45) is 4.16. The fourth-order valence-corrected chi connectivity index (χ4v) is 3.07. The Morgan fingerprint density at radius 3 is 2.60 bits per heavy atom. The number of thioether (sulfide) groups is 1. The molecule has 0 saturated heterocycles. The Balaban J connectivity index is 3.71. The molecule has 0 amide bonds. The van der Waals surface area contributed by atoms with Crippen molar-refractivity contribution in [3.63, 3.8) is 0 Å². The van der Waals surface area contributed by atoms with Gasteiger partial charge in [0.25, 0.3) is 0 Å². The fourth-order valence-electron chi connectivity index (χ4n) is 1.19. The Morgan fingerprint density at radius 1 is 1.47 bits per heavy atom. The Hall–Kier alpha value is 0.890. The summed E-state index contributed by atoms with van der Waals surface area (Å²) < 4.78 is 0. The highest BCUT2D eigenvalue weighted by molar-refractivity contribution is 8.00. The van der Waals surface area contributed by atoms with Gasteiger partial charge in [0, 0.05) is 16.5 Å². The molecule has 0 fully saturated rings. The molecule has 0 aromatic rings. The van der Waals surface area contributed by atoms with E-state index in [4.69, 9.17) is 34.8 Å². The summed E-state index contributed by atoms with van der Waals surface area (Å²) in [6, 6.07) is 0. The maximum atomic E-state index is 10.6. The number of carbonyl (C=O) groups excluding carboxylic acids is 1. The summed E-state index contributed by atoms with van der Waals surface area (Å²) in [6.45, 7) is 2.14. The molecule has 0 N–H and O–H groups in total. The molecule has 0 aliphatic carbocycles. The van der Waals surface area contributed by atoms with Crippen molar-refractivity contribution in [2.24, 2.45) is 0 Å². The van der Waals surface area contributed by atoms with Crippen molar-refractivity contribution in [2.75, 3.05) is 11.6 Å². The van der Waals surface area contributed by atoms with Gasteiger partial charge in [0.05, 0.1) is 5.75 Å². The lowest BCUT2D eigenvalue weighted by atomic mass is 10.1. The minimum atomic E-state index is -0.324. The van der Waals surface area contributed by atoms with E-state index in [2.05, 4.69) is 6.92 Å². The Bertz CT molecular complexity index is 178. The molecule has 0 spiro atoms. The Labute approximate surface area is 111 Å². The van der Waals surface area contributed by atoms with E-state index in [-0.39, 0.29) is 15.9 Å². The van der Waals surface area contributed by atoms with Gasteiger partial charge in [0.2, 0.25) is 5.24 Å². The molecule has 0 aliphatic rings. The second kappa shape index (κ2) is 10.1. The predicted octanol–water partition coefficient (Wildman–Crippen LogP) is 4.28. The molecule has 5 heteroatoms. The molecule has 0 radical (unpaired) electrons. The normalized spacial score (nSPS) is 14.9. The number of hydrogen-bond acceptors (Lipinski definition) is 2. The standard InChI is InChI=1S/C10H17Cl3OS/c1-2-3-4-8(12)5-9(6-11)15-7-10(13)14/h8-9H,2-7H2,1H3. The van der Waals surface area contributed by atoms with Gasteiger partial charge in [0.1, 0.15) is 0 Å². The molecule has 0 saturated carbocycles. The molecule has 2 atom stereocenters. The molecule has 0 rings (SSSR count). The van der Waals surface area contributed by atoms with Crippen LogP contribution in [0.2, 0.25) is 0 Å². The minimum absolute atomic E-state index is 0.159. The summed E-state index contributed by atoms with van der Waals surface area (Å²) in [4.78, 5) is 10.6. The van der Waals surface area contributed by atoms with Crippen molar-refractivity contribution in [3.8, 4) is 0 Å². The van der Waals surface area contributed by atoms with Crippen LogP contribution < -0.4 is 0 Å². The van der Waals surface area contributed by atoms with Crippen molar-refractivity contribution >= 4 is 51.8 Å². The first-order valence-electron chi connectivity index (χ1n) is 5.10. The molecule has 1 nitrogen and oxygen atoms in total. The minimum Gasteiger partial charge on any atom is -0.280 e. The van der Waals surface area contributed by atoms with Gasteiger partial charge >= 0.3 is 0 Å². The van der Waals surface area contributed by atoms with Crippen LogP contribution in [0.3, 0.4) is 0 Å². The van der Waals surface area contributed by atoms with Crippen LogP contribution in [0.1, 0.15) is 32.6 Å². The largest absolute Gasteiger partial charge is 0.280 e. The molecule has 0 heterocycles. The summed E-state index contributed by atoms with van der Waals surface area (Å²) in [5, 5.41) is 0.0650. The molecule has 0 bridgehead atoms. The van der Waals surface area contributed by atoms with Crippen LogP contribution in [0.4, 0.5) is 0 Å². The first-order valence-corrected chi connectivity index (χ1v) is 7.49.